The van der Waals surface area contributed by atoms with Gasteiger partial charge in [0.05, 0.1) is 11.3 Å². The molecule has 0 aliphatic heterocycles. The highest BCUT2D eigenvalue weighted by Crippen LogP contribution is 2.29. The third kappa shape index (κ3) is 3.61. The lowest BCUT2D eigenvalue weighted by molar-refractivity contribution is -0.137. The molecule has 0 aliphatic carbocycles. The van der Waals surface area contributed by atoms with E-state index in [1.54, 1.807) is 19.9 Å². The van der Waals surface area contributed by atoms with Crippen LogP contribution in [0.3, 0.4) is 0 Å². The summed E-state index contributed by atoms with van der Waals surface area (Å²) in [7, 11) is 0. The molecule has 124 valence electrons. The largest absolute Gasteiger partial charge is 0.417 e. The lowest BCUT2D eigenvalue weighted by Crippen LogP contribution is -2.28. The number of pyridine rings is 1. The molecule has 2 N–H and O–H groups in total. The molecule has 2 heterocycles. The van der Waals surface area contributed by atoms with Crippen molar-refractivity contribution in [2.45, 2.75) is 33.0 Å². The van der Waals surface area contributed by atoms with Crippen molar-refractivity contribution in [3.63, 3.8) is 0 Å². The van der Waals surface area contributed by atoms with Crippen molar-refractivity contribution in [3.05, 3.63) is 45.6 Å². The van der Waals surface area contributed by atoms with E-state index in [0.717, 1.165) is 5.69 Å². The lowest BCUT2D eigenvalue weighted by Gasteiger charge is -2.15. The van der Waals surface area contributed by atoms with Crippen molar-refractivity contribution in [2.75, 3.05) is 5.32 Å². The summed E-state index contributed by atoms with van der Waals surface area (Å²) >= 11 is 0. The zero-order valence-electron chi connectivity index (χ0n) is 12.7. The van der Waals surface area contributed by atoms with Gasteiger partial charge in [-0.05, 0) is 32.9 Å². The molecule has 2 aromatic rings. The number of H-pyrrole nitrogens is 1. The Bertz CT molecular complexity index is 792. The fourth-order valence-corrected chi connectivity index (χ4v) is 2.13. The molecule has 2 aromatic heterocycles. The third-order valence-electron chi connectivity index (χ3n) is 3.28. The first-order chi connectivity index (χ1) is 10.6. The number of aryl methyl sites for hydroxylation is 2. The van der Waals surface area contributed by atoms with Crippen molar-refractivity contribution < 1.29 is 18.0 Å². The standard InChI is InChI=1S/C14H15F3N4O2/c1-7-4-8(2)21(20-7)9(3)12(22)19-11-5-10(14(15,16)17)6-18-13(11)23/h4-6,9H,1-3H3,(H,18,23)(H,19,22)/t9-/m1/s1. The van der Waals surface area contributed by atoms with E-state index in [1.165, 1.54) is 11.6 Å². The molecule has 2 rings (SSSR count). The second-order valence-corrected chi connectivity index (χ2v) is 5.17. The van der Waals surface area contributed by atoms with Gasteiger partial charge in [-0.15, -0.1) is 0 Å². The molecule has 9 heteroatoms. The summed E-state index contributed by atoms with van der Waals surface area (Å²) in [6.45, 7) is 5.04. The maximum absolute atomic E-state index is 12.7. The van der Waals surface area contributed by atoms with Gasteiger partial charge in [-0.1, -0.05) is 0 Å². The van der Waals surface area contributed by atoms with Gasteiger partial charge in [0, 0.05) is 11.9 Å². The number of rotatable bonds is 3. The maximum atomic E-state index is 12.7. The van der Waals surface area contributed by atoms with Crippen molar-refractivity contribution >= 4 is 11.6 Å². The molecule has 0 fully saturated rings. The fourth-order valence-electron chi connectivity index (χ4n) is 2.13. The Kier molecular flexibility index (Phi) is 4.31. The van der Waals surface area contributed by atoms with Crippen LogP contribution >= 0.6 is 0 Å². The predicted octanol–water partition coefficient (Wildman–Crippen LogP) is 2.41. The molecule has 0 spiro atoms. The van der Waals surface area contributed by atoms with Crippen LogP contribution in [-0.2, 0) is 11.0 Å². The number of aromatic nitrogens is 3. The molecule has 1 amide bonds. The smallest absolute Gasteiger partial charge is 0.327 e. The Hall–Kier alpha value is -2.58. The average molecular weight is 328 g/mol. The average Bonchev–Trinajstić information content (AvgIpc) is 2.77. The molecule has 0 saturated carbocycles. The Labute approximate surface area is 129 Å². The van der Waals surface area contributed by atoms with Gasteiger partial charge in [-0.2, -0.15) is 18.3 Å². The van der Waals surface area contributed by atoms with Gasteiger partial charge in [-0.25, -0.2) is 0 Å². The summed E-state index contributed by atoms with van der Waals surface area (Å²) < 4.78 is 39.4. The molecule has 6 nitrogen and oxygen atoms in total. The number of halogens is 3. The summed E-state index contributed by atoms with van der Waals surface area (Å²) in [4.78, 5) is 25.7. The molecule has 0 radical (unpaired) electrons. The summed E-state index contributed by atoms with van der Waals surface area (Å²) in [6.07, 6.45) is -4.06. The van der Waals surface area contributed by atoms with Crippen LogP contribution in [0.15, 0.2) is 23.1 Å². The quantitative estimate of drug-likeness (QED) is 0.908. The van der Waals surface area contributed by atoms with Gasteiger partial charge in [0.2, 0.25) is 5.91 Å². The van der Waals surface area contributed by atoms with Crippen LogP contribution < -0.4 is 10.9 Å². The van der Waals surface area contributed by atoms with Crippen LogP contribution in [0.25, 0.3) is 0 Å². The number of anilines is 1. The van der Waals surface area contributed by atoms with Crippen molar-refractivity contribution in [1.29, 1.82) is 0 Å². The third-order valence-corrected chi connectivity index (χ3v) is 3.28. The normalized spacial score (nSPS) is 13.0. The van der Waals surface area contributed by atoms with Crippen molar-refractivity contribution in [1.82, 2.24) is 14.8 Å². The van der Waals surface area contributed by atoms with Gasteiger partial charge < -0.3 is 10.3 Å². The molecule has 0 aromatic carbocycles. The highest BCUT2D eigenvalue weighted by molar-refractivity contribution is 5.93. The number of carbonyl (C=O) groups excluding carboxylic acids is 1. The highest BCUT2D eigenvalue weighted by atomic mass is 19.4. The number of carbonyl (C=O) groups is 1. The van der Waals surface area contributed by atoms with E-state index in [0.29, 0.717) is 18.0 Å². The Morgan fingerprint density at radius 2 is 2.00 bits per heavy atom. The Balaban J connectivity index is 2.26. The van der Waals surface area contributed by atoms with E-state index in [-0.39, 0.29) is 0 Å². The molecular formula is C14H15F3N4O2. The monoisotopic (exact) mass is 328 g/mol. The highest BCUT2D eigenvalue weighted by Gasteiger charge is 2.31. The number of aromatic amines is 1. The molecule has 23 heavy (non-hydrogen) atoms. The van der Waals surface area contributed by atoms with E-state index in [2.05, 4.69) is 10.4 Å². The minimum atomic E-state index is -4.62. The predicted molar refractivity (Wildman–Crippen MR) is 77.1 cm³/mol. The molecule has 0 bridgehead atoms. The van der Waals surface area contributed by atoms with Crippen LogP contribution in [-0.4, -0.2) is 20.7 Å². The second-order valence-electron chi connectivity index (χ2n) is 5.17. The number of hydrogen-bond donors (Lipinski definition) is 2. The summed E-state index contributed by atoms with van der Waals surface area (Å²) in [6, 6.07) is 1.59. The number of alkyl halides is 3. The number of hydrogen-bond acceptors (Lipinski definition) is 3. The summed E-state index contributed by atoms with van der Waals surface area (Å²) in [5, 5.41) is 6.36. The van der Waals surface area contributed by atoms with Gasteiger partial charge in [0.1, 0.15) is 11.7 Å². The van der Waals surface area contributed by atoms with Gasteiger partial charge in [0.15, 0.2) is 0 Å². The zero-order chi connectivity index (χ0) is 17.4. The maximum Gasteiger partial charge on any atom is 0.417 e. The SMILES string of the molecule is Cc1cc(C)n([C@H](C)C(=O)Nc2cc(C(F)(F)F)c[nH]c2=O)n1. The van der Waals surface area contributed by atoms with Gasteiger partial charge >= 0.3 is 6.18 Å². The minimum Gasteiger partial charge on any atom is -0.327 e. The van der Waals surface area contributed by atoms with Crippen LogP contribution in [0, 0.1) is 13.8 Å². The zero-order valence-corrected chi connectivity index (χ0v) is 12.7. The van der Waals surface area contributed by atoms with Crippen molar-refractivity contribution in [2.24, 2.45) is 0 Å². The van der Waals surface area contributed by atoms with Crippen LogP contribution in [0.2, 0.25) is 0 Å². The second kappa shape index (κ2) is 5.90. The van der Waals surface area contributed by atoms with E-state index >= 15 is 0 Å². The van der Waals surface area contributed by atoms with Crippen LogP contribution in [0.5, 0.6) is 0 Å². The first kappa shape index (κ1) is 16.8. The van der Waals surface area contributed by atoms with E-state index in [4.69, 9.17) is 0 Å². The molecular weight excluding hydrogens is 313 g/mol. The summed E-state index contributed by atoms with van der Waals surface area (Å²) in [5.74, 6) is -0.638. The number of nitrogens with one attached hydrogen (secondary N) is 2. The van der Waals surface area contributed by atoms with Crippen LogP contribution in [0.4, 0.5) is 18.9 Å². The number of nitrogens with zero attached hydrogens (tertiary/aromatic N) is 2. The molecule has 0 unspecified atom stereocenters. The van der Waals surface area contributed by atoms with Crippen LogP contribution in [0.1, 0.15) is 29.9 Å². The topological polar surface area (TPSA) is 79.8 Å². The fraction of sp³-hybridized carbons (Fsp3) is 0.357. The Morgan fingerprint density at radius 3 is 2.52 bits per heavy atom. The molecule has 1 atom stereocenters. The molecule has 0 aliphatic rings. The Morgan fingerprint density at radius 1 is 1.35 bits per heavy atom. The van der Waals surface area contributed by atoms with Gasteiger partial charge in [0.25, 0.3) is 5.56 Å². The lowest BCUT2D eigenvalue weighted by atomic mass is 10.2. The van der Waals surface area contributed by atoms with E-state index < -0.39 is 34.9 Å². The van der Waals surface area contributed by atoms with Crippen molar-refractivity contribution in [3.8, 4) is 0 Å². The van der Waals surface area contributed by atoms with E-state index in [9.17, 15) is 22.8 Å². The molecule has 0 saturated heterocycles. The first-order valence-corrected chi connectivity index (χ1v) is 6.73. The number of amides is 1. The minimum absolute atomic E-state index is 0.460. The summed E-state index contributed by atoms with van der Waals surface area (Å²) in [5.41, 5.74) is -0.890. The van der Waals surface area contributed by atoms with E-state index in [1.807, 2.05) is 4.98 Å². The first-order valence-electron chi connectivity index (χ1n) is 6.73. The van der Waals surface area contributed by atoms with Gasteiger partial charge in [-0.3, -0.25) is 14.3 Å².